The Labute approximate surface area is 162 Å². The summed E-state index contributed by atoms with van der Waals surface area (Å²) in [6, 6.07) is 16.6. The molecule has 4 rings (SSSR count). The number of halogens is 2. The van der Waals surface area contributed by atoms with Gasteiger partial charge in [0.15, 0.2) is 11.6 Å². The molecule has 1 atom stereocenters. The summed E-state index contributed by atoms with van der Waals surface area (Å²) in [4.78, 5) is 8.20. The zero-order chi connectivity index (χ0) is 19.7. The largest absolute Gasteiger partial charge is 0.338 e. The molecule has 1 aromatic heterocycles. The van der Waals surface area contributed by atoms with Crippen LogP contribution in [0.15, 0.2) is 65.6 Å². The van der Waals surface area contributed by atoms with Gasteiger partial charge in [0, 0.05) is 0 Å². The van der Waals surface area contributed by atoms with E-state index in [0.717, 1.165) is 34.3 Å². The number of rotatable bonds is 4. The maximum absolute atomic E-state index is 13.3. The number of nitrogens with two attached hydrogens (primary N) is 1. The van der Waals surface area contributed by atoms with Crippen LogP contribution in [0.2, 0.25) is 0 Å². The van der Waals surface area contributed by atoms with E-state index >= 15 is 0 Å². The second-order valence-corrected chi connectivity index (χ2v) is 7.19. The number of H-pyrrole nitrogens is 1. The molecule has 3 N–H and O–H groups in total. The van der Waals surface area contributed by atoms with Gasteiger partial charge in [-0.25, -0.2) is 23.1 Å². The highest BCUT2D eigenvalue weighted by Gasteiger charge is 2.10. The number of aromatic amines is 1. The van der Waals surface area contributed by atoms with Crippen LogP contribution in [0.5, 0.6) is 0 Å². The molecular formula is C21H15F2N3OS. The Morgan fingerprint density at radius 1 is 0.964 bits per heavy atom. The lowest BCUT2D eigenvalue weighted by molar-refractivity contribution is 0.508. The molecule has 0 aliphatic carbocycles. The second-order valence-electron chi connectivity index (χ2n) is 6.15. The average Bonchev–Trinajstić information content (AvgIpc) is 3.11. The molecule has 4 nitrogen and oxygen atoms in total. The Hall–Kier alpha value is -3.16. The number of aromatic nitrogens is 2. The molecule has 0 amide bonds. The van der Waals surface area contributed by atoms with Crippen LogP contribution in [0, 0.1) is 11.6 Å². The van der Waals surface area contributed by atoms with E-state index in [1.165, 1.54) is 6.07 Å². The second kappa shape index (κ2) is 7.46. The first kappa shape index (κ1) is 18.2. The van der Waals surface area contributed by atoms with Crippen molar-refractivity contribution in [1.29, 1.82) is 0 Å². The van der Waals surface area contributed by atoms with Crippen LogP contribution in [-0.4, -0.2) is 14.2 Å². The van der Waals surface area contributed by atoms with Crippen molar-refractivity contribution in [2.45, 2.75) is 4.90 Å². The number of hydrogen-bond acceptors (Lipinski definition) is 2. The minimum absolute atomic E-state index is 0.527. The zero-order valence-electron chi connectivity index (χ0n) is 14.5. The Morgan fingerprint density at radius 2 is 1.79 bits per heavy atom. The molecule has 0 saturated carbocycles. The molecule has 0 aliphatic heterocycles. The van der Waals surface area contributed by atoms with Crippen molar-refractivity contribution in [2.75, 3.05) is 0 Å². The number of fused-ring (bicyclic) bond motifs is 1. The predicted octanol–water partition coefficient (Wildman–Crippen LogP) is 4.66. The third-order valence-electron chi connectivity index (χ3n) is 4.29. The zero-order valence-corrected chi connectivity index (χ0v) is 15.3. The molecule has 0 fully saturated rings. The van der Waals surface area contributed by atoms with Gasteiger partial charge in [-0.15, -0.1) is 0 Å². The van der Waals surface area contributed by atoms with Crippen LogP contribution in [0.25, 0.3) is 34.3 Å². The number of nitrogens with zero attached hydrogens (tertiary/aromatic N) is 1. The van der Waals surface area contributed by atoms with Crippen molar-refractivity contribution < 1.29 is 13.0 Å². The summed E-state index contributed by atoms with van der Waals surface area (Å²) in [5, 5.41) is 5.58. The summed E-state index contributed by atoms with van der Waals surface area (Å²) in [5.74, 6) is -1.20. The van der Waals surface area contributed by atoms with Gasteiger partial charge in [-0.1, -0.05) is 36.4 Å². The molecule has 1 heterocycles. The van der Waals surface area contributed by atoms with Crippen LogP contribution in [-0.2, 0) is 11.0 Å². The van der Waals surface area contributed by atoms with Crippen molar-refractivity contribution in [2.24, 2.45) is 5.14 Å². The first-order valence-electron chi connectivity index (χ1n) is 8.40. The molecule has 3 aromatic carbocycles. The smallest absolute Gasteiger partial charge is 0.159 e. The normalized spacial score (nSPS) is 12.7. The fourth-order valence-electron chi connectivity index (χ4n) is 2.95. The third-order valence-corrected chi connectivity index (χ3v) is 5.08. The topological polar surface area (TPSA) is 71.8 Å². The molecule has 0 saturated heterocycles. The average molecular weight is 395 g/mol. The monoisotopic (exact) mass is 395 g/mol. The van der Waals surface area contributed by atoms with E-state index in [4.69, 9.17) is 5.14 Å². The summed E-state index contributed by atoms with van der Waals surface area (Å²) in [6.07, 6.45) is 3.34. The number of benzene rings is 3. The van der Waals surface area contributed by atoms with Crippen LogP contribution in [0.1, 0.15) is 11.4 Å². The van der Waals surface area contributed by atoms with E-state index in [0.29, 0.717) is 16.3 Å². The molecule has 1 unspecified atom stereocenters. The lowest BCUT2D eigenvalue weighted by Gasteiger charge is -2.06. The summed E-state index contributed by atoms with van der Waals surface area (Å²) < 4.78 is 38.1. The van der Waals surface area contributed by atoms with Crippen molar-refractivity contribution >= 4 is 34.2 Å². The fraction of sp³-hybridized carbons (Fsp3) is 0. The Kier molecular flexibility index (Phi) is 4.85. The Balaban J connectivity index is 1.68. The Bertz CT molecular complexity index is 1230. The van der Waals surface area contributed by atoms with Crippen LogP contribution in [0.4, 0.5) is 8.78 Å². The minimum Gasteiger partial charge on any atom is -0.338 e. The first-order chi connectivity index (χ1) is 13.5. The maximum Gasteiger partial charge on any atom is 0.159 e. The van der Waals surface area contributed by atoms with Crippen molar-refractivity contribution in [3.8, 4) is 11.1 Å². The van der Waals surface area contributed by atoms with Gasteiger partial charge in [0.25, 0.3) is 0 Å². The van der Waals surface area contributed by atoms with Gasteiger partial charge in [0.05, 0.1) is 15.9 Å². The number of hydrogen-bond donors (Lipinski definition) is 2. The van der Waals surface area contributed by atoms with E-state index in [1.807, 2.05) is 30.3 Å². The lowest BCUT2D eigenvalue weighted by Crippen LogP contribution is -2.04. The standard InChI is InChI=1S/C21H15F2N3OS/c22-16-8-5-13(11-17(16)23)6-10-21-25-18-9-7-14(12-19(18)26-21)15-3-1-2-4-20(15)28(24)27/h1-12H,24H2,(H,25,26)/b10-6+. The van der Waals surface area contributed by atoms with Crippen LogP contribution in [0.3, 0.4) is 0 Å². The maximum atomic E-state index is 13.3. The molecular weight excluding hydrogens is 380 g/mol. The van der Waals surface area contributed by atoms with Gasteiger partial charge in [-0.05, 0) is 53.1 Å². The summed E-state index contributed by atoms with van der Waals surface area (Å²) in [7, 11) is -1.59. The molecule has 0 aliphatic rings. The van der Waals surface area contributed by atoms with Gasteiger partial charge < -0.3 is 4.98 Å². The highest BCUT2D eigenvalue weighted by atomic mass is 32.2. The fourth-order valence-corrected chi connectivity index (χ4v) is 3.56. The number of nitrogens with one attached hydrogen (secondary N) is 1. The van der Waals surface area contributed by atoms with Gasteiger partial charge in [0.2, 0.25) is 0 Å². The summed E-state index contributed by atoms with van der Waals surface area (Å²) >= 11 is 0. The number of imidazole rings is 1. The molecule has 0 bridgehead atoms. The van der Waals surface area contributed by atoms with Crippen LogP contribution >= 0.6 is 0 Å². The van der Waals surface area contributed by atoms with Crippen molar-refractivity contribution in [3.63, 3.8) is 0 Å². The quantitative estimate of drug-likeness (QED) is 0.528. The van der Waals surface area contributed by atoms with Crippen molar-refractivity contribution in [1.82, 2.24) is 9.97 Å². The molecule has 0 radical (unpaired) electrons. The molecule has 7 heteroatoms. The van der Waals surface area contributed by atoms with Crippen molar-refractivity contribution in [3.05, 3.63) is 83.7 Å². The lowest BCUT2D eigenvalue weighted by atomic mass is 10.1. The molecule has 28 heavy (non-hydrogen) atoms. The van der Waals surface area contributed by atoms with Crippen LogP contribution < -0.4 is 5.14 Å². The third kappa shape index (κ3) is 3.62. The highest BCUT2D eigenvalue weighted by molar-refractivity contribution is 7.82. The van der Waals surface area contributed by atoms with Gasteiger partial charge >= 0.3 is 0 Å². The van der Waals surface area contributed by atoms with Gasteiger partial charge in [-0.3, -0.25) is 0 Å². The SMILES string of the molecule is NS(=O)c1ccccc1-c1ccc2nc(/C=C/c3ccc(F)c(F)c3)[nH]c2c1. The van der Waals surface area contributed by atoms with E-state index in [1.54, 1.807) is 24.3 Å². The highest BCUT2D eigenvalue weighted by Crippen LogP contribution is 2.28. The van der Waals surface area contributed by atoms with E-state index < -0.39 is 22.6 Å². The predicted molar refractivity (Wildman–Crippen MR) is 107 cm³/mol. The van der Waals surface area contributed by atoms with E-state index in [2.05, 4.69) is 9.97 Å². The molecule has 4 aromatic rings. The first-order valence-corrected chi connectivity index (χ1v) is 9.61. The van der Waals surface area contributed by atoms with E-state index in [-0.39, 0.29) is 0 Å². The summed E-state index contributed by atoms with van der Waals surface area (Å²) in [5.41, 5.74) is 3.72. The van der Waals surface area contributed by atoms with Gasteiger partial charge in [-0.2, -0.15) is 0 Å². The molecule has 140 valence electrons. The minimum atomic E-state index is -1.59. The van der Waals surface area contributed by atoms with E-state index in [9.17, 15) is 13.0 Å². The summed E-state index contributed by atoms with van der Waals surface area (Å²) in [6.45, 7) is 0. The molecule has 0 spiro atoms. The van der Waals surface area contributed by atoms with Gasteiger partial charge in [0.1, 0.15) is 16.8 Å². The Morgan fingerprint density at radius 3 is 2.57 bits per heavy atom.